The first-order valence-electron chi connectivity index (χ1n) is 6.08. The molecule has 1 unspecified atom stereocenters. The predicted octanol–water partition coefficient (Wildman–Crippen LogP) is 0.0570. The van der Waals surface area contributed by atoms with E-state index in [0.717, 1.165) is 5.56 Å². The number of anilines is 1. The Balaban J connectivity index is 1.99. The van der Waals surface area contributed by atoms with Crippen LogP contribution in [0.4, 0.5) is 5.69 Å². The molecule has 102 valence electrons. The summed E-state index contributed by atoms with van der Waals surface area (Å²) in [6.07, 6.45) is 0.131. The van der Waals surface area contributed by atoms with Gasteiger partial charge in [0.1, 0.15) is 12.4 Å². The topological polar surface area (TPSA) is 87.7 Å². The van der Waals surface area contributed by atoms with Crippen LogP contribution < -0.4 is 15.4 Å². The van der Waals surface area contributed by atoms with Crippen molar-refractivity contribution in [1.82, 2.24) is 5.32 Å². The third kappa shape index (κ3) is 3.23. The lowest BCUT2D eigenvalue weighted by atomic mass is 10.1. The molecular weight excluding hydrogens is 248 g/mol. The number of benzene rings is 1. The summed E-state index contributed by atoms with van der Waals surface area (Å²) in [6, 6.07) is 5.51. The Morgan fingerprint density at radius 2 is 2.32 bits per heavy atom. The molecule has 1 atom stereocenters. The van der Waals surface area contributed by atoms with Crippen molar-refractivity contribution >= 4 is 17.5 Å². The largest absolute Gasteiger partial charge is 0.479 e. The lowest BCUT2D eigenvalue weighted by Gasteiger charge is -2.23. The Morgan fingerprint density at radius 3 is 3.05 bits per heavy atom. The lowest BCUT2D eigenvalue weighted by Crippen LogP contribution is -2.34. The number of hydrogen-bond donors (Lipinski definition) is 3. The number of carbonyl (C=O) groups is 2. The molecule has 2 rings (SSSR count). The van der Waals surface area contributed by atoms with Gasteiger partial charge in [0.15, 0.2) is 6.10 Å². The molecule has 0 spiro atoms. The van der Waals surface area contributed by atoms with Gasteiger partial charge in [-0.2, -0.15) is 0 Å². The maximum Gasteiger partial charge on any atom is 0.265 e. The monoisotopic (exact) mass is 264 g/mol. The molecule has 19 heavy (non-hydrogen) atoms. The number of aliphatic hydroxyl groups is 1. The van der Waals surface area contributed by atoms with Gasteiger partial charge in [-0.05, 0) is 31.0 Å². The Kier molecular flexibility index (Phi) is 4.01. The number of aliphatic hydroxyl groups excluding tert-OH is 1. The zero-order valence-corrected chi connectivity index (χ0v) is 10.6. The molecule has 0 bridgehead atoms. The van der Waals surface area contributed by atoms with E-state index in [2.05, 4.69) is 10.6 Å². The average molecular weight is 264 g/mol. The highest BCUT2D eigenvalue weighted by atomic mass is 16.5. The number of ether oxygens (including phenoxy) is 1. The van der Waals surface area contributed by atoms with Crippen molar-refractivity contribution in [3.05, 3.63) is 23.8 Å². The zero-order chi connectivity index (χ0) is 13.8. The molecule has 0 aliphatic carbocycles. The van der Waals surface area contributed by atoms with Gasteiger partial charge in [-0.25, -0.2) is 0 Å². The van der Waals surface area contributed by atoms with Crippen molar-refractivity contribution in [3.63, 3.8) is 0 Å². The maximum absolute atomic E-state index is 11.5. The first kappa shape index (κ1) is 13.4. The average Bonchev–Trinajstić information content (AvgIpc) is 2.40. The molecule has 1 aliphatic heterocycles. The van der Waals surface area contributed by atoms with Crippen molar-refractivity contribution < 1.29 is 19.4 Å². The van der Waals surface area contributed by atoms with Crippen LogP contribution in [0.25, 0.3) is 0 Å². The quantitative estimate of drug-likeness (QED) is 0.717. The van der Waals surface area contributed by atoms with Crippen molar-refractivity contribution in [3.8, 4) is 5.75 Å². The van der Waals surface area contributed by atoms with Gasteiger partial charge in [-0.15, -0.1) is 0 Å². The van der Waals surface area contributed by atoms with Gasteiger partial charge in [-0.1, -0.05) is 6.07 Å². The standard InChI is InChI=1S/C13H16N2O4/c1-8-13(18)15-10-6-9(2-3-11(10)19-8)4-5-14-12(17)7-16/h2-3,6,8,16H,4-5,7H2,1H3,(H,14,17)(H,15,18). The molecule has 2 amide bonds. The summed E-state index contributed by atoms with van der Waals surface area (Å²) < 4.78 is 5.44. The van der Waals surface area contributed by atoms with E-state index in [1.807, 2.05) is 12.1 Å². The molecular formula is C13H16N2O4. The first-order valence-corrected chi connectivity index (χ1v) is 6.08. The fraction of sp³-hybridized carbons (Fsp3) is 0.385. The van der Waals surface area contributed by atoms with Crippen LogP contribution in [0.2, 0.25) is 0 Å². The van der Waals surface area contributed by atoms with E-state index in [4.69, 9.17) is 9.84 Å². The van der Waals surface area contributed by atoms with Crippen LogP contribution in [-0.4, -0.2) is 36.2 Å². The van der Waals surface area contributed by atoms with Gasteiger partial charge in [0.25, 0.3) is 5.91 Å². The summed E-state index contributed by atoms with van der Waals surface area (Å²) >= 11 is 0. The highest BCUT2D eigenvalue weighted by molar-refractivity contribution is 5.97. The van der Waals surface area contributed by atoms with Crippen LogP contribution in [0.1, 0.15) is 12.5 Å². The van der Waals surface area contributed by atoms with Gasteiger partial charge < -0.3 is 20.5 Å². The summed E-state index contributed by atoms with van der Waals surface area (Å²) in [5.74, 6) is 0.0805. The normalized spacial score (nSPS) is 17.2. The highest BCUT2D eigenvalue weighted by Gasteiger charge is 2.23. The van der Waals surface area contributed by atoms with E-state index in [1.54, 1.807) is 13.0 Å². The first-order chi connectivity index (χ1) is 9.10. The second-order valence-corrected chi connectivity index (χ2v) is 4.34. The summed E-state index contributed by atoms with van der Waals surface area (Å²) in [7, 11) is 0. The van der Waals surface area contributed by atoms with E-state index < -0.39 is 18.6 Å². The van der Waals surface area contributed by atoms with Crippen LogP contribution in [0.15, 0.2) is 18.2 Å². The van der Waals surface area contributed by atoms with Crippen LogP contribution >= 0.6 is 0 Å². The summed E-state index contributed by atoms with van der Waals surface area (Å²) in [6.45, 7) is 1.62. The maximum atomic E-state index is 11.5. The second kappa shape index (κ2) is 5.71. The third-order valence-corrected chi connectivity index (χ3v) is 2.85. The Bertz CT molecular complexity index is 501. The lowest BCUT2D eigenvalue weighted by molar-refractivity contribution is -0.124. The van der Waals surface area contributed by atoms with Crippen LogP contribution in [0, 0.1) is 0 Å². The van der Waals surface area contributed by atoms with Gasteiger partial charge in [0.2, 0.25) is 5.91 Å². The molecule has 1 aromatic rings. The van der Waals surface area contributed by atoms with E-state index in [1.165, 1.54) is 0 Å². The molecule has 0 fully saturated rings. The number of fused-ring (bicyclic) bond motifs is 1. The number of amides is 2. The van der Waals surface area contributed by atoms with E-state index >= 15 is 0 Å². The summed E-state index contributed by atoms with van der Waals surface area (Å²) in [4.78, 5) is 22.4. The van der Waals surface area contributed by atoms with Gasteiger partial charge in [-0.3, -0.25) is 9.59 Å². The molecule has 1 aliphatic rings. The van der Waals surface area contributed by atoms with Gasteiger partial charge in [0.05, 0.1) is 5.69 Å². The number of hydrogen-bond acceptors (Lipinski definition) is 4. The summed E-state index contributed by atoms with van der Waals surface area (Å²) in [5.41, 5.74) is 1.62. The molecule has 0 saturated heterocycles. The number of carbonyl (C=O) groups excluding carboxylic acids is 2. The predicted molar refractivity (Wildman–Crippen MR) is 69.0 cm³/mol. The Hall–Kier alpha value is -2.08. The van der Waals surface area contributed by atoms with Crippen LogP contribution in [0.3, 0.4) is 0 Å². The minimum absolute atomic E-state index is 0.168. The van der Waals surface area contributed by atoms with Crippen molar-refractivity contribution in [2.75, 3.05) is 18.5 Å². The molecule has 0 radical (unpaired) electrons. The Morgan fingerprint density at radius 1 is 1.53 bits per heavy atom. The zero-order valence-electron chi connectivity index (χ0n) is 10.6. The second-order valence-electron chi connectivity index (χ2n) is 4.34. The Labute approximate surface area is 110 Å². The molecule has 1 aromatic carbocycles. The number of rotatable bonds is 4. The van der Waals surface area contributed by atoms with E-state index in [-0.39, 0.29) is 5.91 Å². The molecule has 6 nitrogen and oxygen atoms in total. The molecule has 3 N–H and O–H groups in total. The minimum Gasteiger partial charge on any atom is -0.479 e. The van der Waals surface area contributed by atoms with Crippen molar-refractivity contribution in [2.24, 2.45) is 0 Å². The van der Waals surface area contributed by atoms with Crippen molar-refractivity contribution in [2.45, 2.75) is 19.4 Å². The third-order valence-electron chi connectivity index (χ3n) is 2.85. The SMILES string of the molecule is CC1Oc2ccc(CCNC(=O)CO)cc2NC1=O. The molecule has 1 heterocycles. The smallest absolute Gasteiger partial charge is 0.265 e. The van der Waals surface area contributed by atoms with Crippen molar-refractivity contribution in [1.29, 1.82) is 0 Å². The van der Waals surface area contributed by atoms with Crippen LogP contribution in [0.5, 0.6) is 5.75 Å². The van der Waals surface area contributed by atoms with Crippen LogP contribution in [-0.2, 0) is 16.0 Å². The number of nitrogens with one attached hydrogen (secondary N) is 2. The van der Waals surface area contributed by atoms with Gasteiger partial charge in [0, 0.05) is 6.54 Å². The summed E-state index contributed by atoms with van der Waals surface area (Å²) in [5, 5.41) is 13.9. The fourth-order valence-electron chi connectivity index (χ4n) is 1.81. The van der Waals surface area contributed by atoms with E-state index in [9.17, 15) is 9.59 Å². The minimum atomic E-state index is -0.508. The van der Waals surface area contributed by atoms with E-state index in [0.29, 0.717) is 24.4 Å². The highest BCUT2D eigenvalue weighted by Crippen LogP contribution is 2.30. The molecule has 0 saturated carbocycles. The molecule has 6 heteroatoms. The molecule has 0 aromatic heterocycles. The fourth-order valence-corrected chi connectivity index (χ4v) is 1.81. The van der Waals surface area contributed by atoms with Gasteiger partial charge >= 0.3 is 0 Å².